The highest BCUT2D eigenvalue weighted by Crippen LogP contribution is 2.59. The molecule has 3 heterocycles. The fraction of sp³-hybridized carbons (Fsp3) is 0.643. The van der Waals surface area contributed by atoms with Crippen molar-refractivity contribution >= 4 is 40.3 Å². The molecule has 4 fully saturated rings. The van der Waals surface area contributed by atoms with E-state index >= 15 is 0 Å². The summed E-state index contributed by atoms with van der Waals surface area (Å²) in [5.41, 5.74) is -0.324. The van der Waals surface area contributed by atoms with Crippen LogP contribution in [-0.2, 0) is 23.8 Å². The van der Waals surface area contributed by atoms with Gasteiger partial charge in [0.25, 0.3) is 11.7 Å². The maximum atomic E-state index is 14.8. The molecule has 0 radical (unpaired) electrons. The van der Waals surface area contributed by atoms with Crippen molar-refractivity contribution < 1.29 is 58.9 Å². The third-order valence-corrected chi connectivity index (χ3v) is 16.6. The molecule has 0 saturated heterocycles. The molecule has 9 rings (SSSR count). The Balaban J connectivity index is 1.37. The number of benzene rings is 2. The Kier molecular flexibility index (Phi) is 16.6. The normalized spacial score (nSPS) is 33.1. The minimum atomic E-state index is -2.05. The van der Waals surface area contributed by atoms with Gasteiger partial charge in [0, 0.05) is 67.7 Å². The number of Topliss-reactive ketones (excluding diaryl/α,β-unsaturated/α-hetero) is 1. The number of esters is 1. The number of anilines is 1. The van der Waals surface area contributed by atoms with Crippen LogP contribution in [-0.4, -0.2) is 104 Å². The molecule has 3 aliphatic heterocycles. The molecule has 0 spiro atoms. The predicted molar refractivity (Wildman–Crippen MR) is 272 cm³/mol. The van der Waals surface area contributed by atoms with Gasteiger partial charge in [0.1, 0.15) is 23.4 Å². The summed E-state index contributed by atoms with van der Waals surface area (Å²) < 4.78 is 24.0. The topological polar surface area (TPSA) is 217 Å². The summed E-state index contributed by atoms with van der Waals surface area (Å²) >= 11 is 0. The number of aromatic hydroxyl groups is 3. The third kappa shape index (κ3) is 10.7. The van der Waals surface area contributed by atoms with E-state index in [1.54, 1.807) is 52.8 Å². The number of ketones is 1. The van der Waals surface area contributed by atoms with Crippen molar-refractivity contribution in [2.24, 2.45) is 46.5 Å². The molecule has 9 atom stereocenters. The zero-order chi connectivity index (χ0) is 51.7. The molecule has 2 aromatic rings. The van der Waals surface area contributed by atoms with Gasteiger partial charge in [0.05, 0.1) is 58.5 Å². The number of aliphatic hydroxyl groups excluding tert-OH is 2. The summed E-state index contributed by atoms with van der Waals surface area (Å²) in [6.45, 7) is 15.6. The van der Waals surface area contributed by atoms with Crippen LogP contribution in [0.1, 0.15) is 154 Å². The SMILES string of the molecule is CCCCCCCCN(N=Cc1c2c(O)c3c(O)c(C)c4c(c3c1O)C(=O)[C@@](C)(OC=C[C@H](OC)[C@H](C)[C@H](OC(C)=O)[C@H](C)[C@H](O)[C@H](C)[C@@H](O)[C@@H](C)C=CC=C(C)C(=O)N2)O4)C12CC3CC(CC(C3)C1)C2. The quantitative estimate of drug-likeness (QED) is 0.0292. The average Bonchev–Trinajstić information content (AvgIpc) is 3.59. The fourth-order valence-corrected chi connectivity index (χ4v) is 12.8. The molecule has 1 amide bonds. The second-order valence-corrected chi connectivity index (χ2v) is 21.9. The molecule has 390 valence electrons. The van der Waals surface area contributed by atoms with Crippen molar-refractivity contribution in [3.63, 3.8) is 0 Å². The van der Waals surface area contributed by atoms with Gasteiger partial charge in [0.2, 0.25) is 0 Å². The van der Waals surface area contributed by atoms with Gasteiger partial charge in [-0.1, -0.05) is 85.0 Å². The Morgan fingerprint density at radius 3 is 2.13 bits per heavy atom. The molecule has 7 aliphatic rings. The number of methoxy groups -OCH3 is 1. The van der Waals surface area contributed by atoms with Gasteiger partial charge < -0.3 is 49.8 Å². The van der Waals surface area contributed by atoms with E-state index in [9.17, 15) is 39.9 Å². The van der Waals surface area contributed by atoms with Crippen molar-refractivity contribution in [2.45, 2.75) is 175 Å². The number of rotatable bonds is 12. The number of carbonyl (C=O) groups excluding carboxylic acids is 3. The van der Waals surface area contributed by atoms with Crippen LogP contribution in [0.4, 0.5) is 5.69 Å². The van der Waals surface area contributed by atoms with Crippen LogP contribution >= 0.6 is 0 Å². The highest BCUT2D eigenvalue weighted by atomic mass is 16.7. The summed E-state index contributed by atoms with van der Waals surface area (Å²) in [4.78, 5) is 41.5. The van der Waals surface area contributed by atoms with Gasteiger partial charge in [-0.05, 0) is 82.6 Å². The highest BCUT2D eigenvalue weighted by Gasteiger charge is 2.54. The molecule has 6 N–H and O–H groups in total. The molecule has 2 aromatic carbocycles. The lowest BCUT2D eigenvalue weighted by Gasteiger charge is -2.59. The largest absolute Gasteiger partial charge is 0.507 e. The minimum absolute atomic E-state index is 0.0655. The number of ether oxygens (including phenoxy) is 4. The third-order valence-electron chi connectivity index (χ3n) is 16.6. The minimum Gasteiger partial charge on any atom is -0.507 e. The first-order chi connectivity index (χ1) is 33.7. The van der Waals surface area contributed by atoms with Gasteiger partial charge >= 0.3 is 11.8 Å². The number of aliphatic hydroxyl groups is 2. The Hall–Kier alpha value is -5.12. The number of phenolic OH excluding ortho intramolecular Hbond substituents is 3. The van der Waals surface area contributed by atoms with Crippen LogP contribution in [0.2, 0.25) is 0 Å². The van der Waals surface area contributed by atoms with Crippen LogP contribution in [0.3, 0.4) is 0 Å². The Bertz CT molecular complexity index is 2410. The second-order valence-electron chi connectivity index (χ2n) is 21.9. The van der Waals surface area contributed by atoms with Crippen LogP contribution in [0, 0.1) is 48.3 Å². The van der Waals surface area contributed by atoms with Crippen LogP contribution < -0.4 is 10.1 Å². The number of phenols is 3. The van der Waals surface area contributed by atoms with E-state index in [0.717, 1.165) is 44.9 Å². The monoisotopic (exact) mass is 986 g/mol. The zero-order valence-electron chi connectivity index (χ0n) is 43.5. The molecule has 71 heavy (non-hydrogen) atoms. The van der Waals surface area contributed by atoms with Gasteiger partial charge in [-0.15, -0.1) is 0 Å². The number of amides is 1. The Morgan fingerprint density at radius 2 is 1.51 bits per heavy atom. The molecule has 4 aliphatic carbocycles. The maximum absolute atomic E-state index is 14.8. The maximum Gasteiger partial charge on any atom is 0.312 e. The van der Waals surface area contributed by atoms with Crippen LogP contribution in [0.5, 0.6) is 23.0 Å². The zero-order valence-corrected chi connectivity index (χ0v) is 43.5. The fourth-order valence-electron chi connectivity index (χ4n) is 12.8. The highest BCUT2D eigenvalue weighted by molar-refractivity contribution is 6.23. The van der Waals surface area contributed by atoms with Crippen molar-refractivity contribution in [3.05, 3.63) is 52.8 Å². The van der Waals surface area contributed by atoms with E-state index in [1.165, 1.54) is 78.5 Å². The molecule has 15 heteroatoms. The first-order valence-electron chi connectivity index (χ1n) is 26.1. The number of fused-ring (bicyclic) bond motifs is 14. The first kappa shape index (κ1) is 53.7. The lowest BCUT2D eigenvalue weighted by atomic mass is 9.52. The van der Waals surface area contributed by atoms with Crippen LogP contribution in [0.25, 0.3) is 10.8 Å². The van der Waals surface area contributed by atoms with Crippen molar-refractivity contribution in [2.75, 3.05) is 19.0 Å². The van der Waals surface area contributed by atoms with Gasteiger partial charge in [0.15, 0.2) is 5.75 Å². The number of nitrogens with zero attached hydrogens (tertiary/aromatic N) is 2. The molecule has 9 bridgehead atoms. The van der Waals surface area contributed by atoms with Crippen molar-refractivity contribution in [1.29, 1.82) is 0 Å². The second kappa shape index (κ2) is 21.9. The smallest absolute Gasteiger partial charge is 0.312 e. The van der Waals surface area contributed by atoms with Crippen LogP contribution in [0.15, 0.2) is 41.2 Å². The average molecular weight is 986 g/mol. The number of hydrazone groups is 1. The number of hydrogen-bond acceptors (Lipinski definition) is 14. The van der Waals surface area contributed by atoms with Gasteiger partial charge in [-0.2, -0.15) is 5.10 Å². The summed E-state index contributed by atoms with van der Waals surface area (Å²) in [6.07, 6.45) is 18.6. The lowest BCUT2D eigenvalue weighted by Crippen LogP contribution is -2.58. The number of unbranched alkanes of at least 4 members (excludes halogenated alkanes) is 5. The number of nitrogens with one attached hydrogen (secondary N) is 1. The van der Waals surface area contributed by atoms with E-state index < -0.39 is 88.8 Å². The first-order valence-corrected chi connectivity index (χ1v) is 26.1. The summed E-state index contributed by atoms with van der Waals surface area (Å²) in [5.74, 6) is -6.28. The molecule has 4 saturated carbocycles. The van der Waals surface area contributed by atoms with E-state index in [4.69, 9.17) is 24.0 Å². The number of carbonyl (C=O) groups is 3. The lowest BCUT2D eigenvalue weighted by molar-refractivity contribution is -0.160. The molecule has 15 nitrogen and oxygen atoms in total. The Morgan fingerprint density at radius 1 is 0.873 bits per heavy atom. The summed E-state index contributed by atoms with van der Waals surface area (Å²) in [6, 6.07) is 0. The predicted octanol–water partition coefficient (Wildman–Crippen LogP) is 9.72. The summed E-state index contributed by atoms with van der Waals surface area (Å²) in [7, 11) is 1.46. The van der Waals surface area contributed by atoms with E-state index in [2.05, 4.69) is 17.2 Å². The molecular formula is C56H79N3O12. The standard InChI is InChI=1S/C56H79N3O12/c1-11-12-13-14-15-16-21-59(56-26-37-23-38(27-56)25-39(24-37)28-56)57-29-40-45-50(65)43-42(49(40)64)44-52(35(7)48(43)63)71-55(9,53(44)66)69-22-20-41(68-10)32(4)51(70-36(8)60)34(6)47(62)33(5)46(61)30(2)18-17-19-31(3)54(67)58-45/h17-20,22,29-30,32-34,37-39,41,46-47,51,61-65H,11-16,21,23-28H2,1-10H3,(H,58,67)/t30-,32-,33+,34+,37?,38?,39?,41-,46-,47+,51-,55-,56?/m0/s1. The molecule has 0 aromatic heterocycles. The number of hydrogen-bond donors (Lipinski definition) is 6. The number of allylic oxidation sites excluding steroid dienone is 2. The van der Waals surface area contributed by atoms with E-state index in [1.807, 2.05) is 0 Å². The van der Waals surface area contributed by atoms with Crippen molar-refractivity contribution in [3.8, 4) is 23.0 Å². The van der Waals surface area contributed by atoms with Gasteiger partial charge in [-0.25, -0.2) is 0 Å². The van der Waals surface area contributed by atoms with Gasteiger partial charge in [-0.3, -0.25) is 19.4 Å². The van der Waals surface area contributed by atoms with E-state index in [0.29, 0.717) is 24.3 Å². The van der Waals surface area contributed by atoms with E-state index in [-0.39, 0.29) is 50.0 Å². The van der Waals surface area contributed by atoms with Crippen molar-refractivity contribution in [1.82, 2.24) is 5.01 Å². The Labute approximate surface area is 419 Å². The summed E-state index contributed by atoms with van der Waals surface area (Å²) in [5, 5.41) is 69.9. The molecular weight excluding hydrogens is 907 g/mol. The molecule has 0 unspecified atom stereocenters.